The van der Waals surface area contributed by atoms with Crippen LogP contribution in [0.4, 0.5) is 5.69 Å². The van der Waals surface area contributed by atoms with Gasteiger partial charge in [0, 0.05) is 16.8 Å². The van der Waals surface area contributed by atoms with E-state index in [1.54, 1.807) is 31.2 Å². The molecule has 2 aromatic carbocycles. The van der Waals surface area contributed by atoms with Gasteiger partial charge in [-0.05, 0) is 43.2 Å². The zero-order valence-electron chi connectivity index (χ0n) is 13.5. The summed E-state index contributed by atoms with van der Waals surface area (Å²) in [6.45, 7) is 3.43. The van der Waals surface area contributed by atoms with Gasteiger partial charge in [0.25, 0.3) is 5.91 Å². The van der Waals surface area contributed by atoms with Gasteiger partial charge in [-0.3, -0.25) is 4.79 Å². The highest BCUT2D eigenvalue weighted by Crippen LogP contribution is 2.22. The molecular formula is C19H18ClNO3. The van der Waals surface area contributed by atoms with E-state index in [1.165, 1.54) is 6.08 Å². The molecule has 124 valence electrons. The maximum atomic E-state index is 11.8. The van der Waals surface area contributed by atoms with E-state index in [4.69, 9.17) is 16.3 Å². The van der Waals surface area contributed by atoms with Crippen molar-refractivity contribution in [3.8, 4) is 0 Å². The molecule has 0 aromatic heterocycles. The zero-order chi connectivity index (χ0) is 17.5. The summed E-state index contributed by atoms with van der Waals surface area (Å²) in [5.41, 5.74) is 3.39. The molecule has 2 rings (SSSR count). The van der Waals surface area contributed by atoms with Gasteiger partial charge in [0.1, 0.15) is 0 Å². The summed E-state index contributed by atoms with van der Waals surface area (Å²) < 4.78 is 4.92. The van der Waals surface area contributed by atoms with Crippen molar-refractivity contribution < 1.29 is 14.3 Å². The number of hydrogen-bond acceptors (Lipinski definition) is 3. The monoisotopic (exact) mass is 343 g/mol. The van der Waals surface area contributed by atoms with Crippen molar-refractivity contribution in [3.63, 3.8) is 0 Å². The molecule has 0 saturated carbocycles. The largest absolute Gasteiger partial charge is 0.452 e. The van der Waals surface area contributed by atoms with Crippen molar-refractivity contribution >= 4 is 35.2 Å². The van der Waals surface area contributed by atoms with E-state index in [1.807, 2.05) is 31.2 Å². The van der Waals surface area contributed by atoms with Crippen LogP contribution in [0.5, 0.6) is 0 Å². The SMILES string of the molecule is Cc1ccc(/C=C/C(=O)OCC(=O)Nc2cccc(Cl)c2C)cc1. The van der Waals surface area contributed by atoms with Crippen LogP contribution in [-0.4, -0.2) is 18.5 Å². The quantitative estimate of drug-likeness (QED) is 0.655. The molecule has 0 spiro atoms. The molecule has 1 amide bonds. The molecule has 0 atom stereocenters. The summed E-state index contributed by atoms with van der Waals surface area (Å²) in [6.07, 6.45) is 2.93. The fourth-order valence-corrected chi connectivity index (χ4v) is 2.13. The van der Waals surface area contributed by atoms with Crippen LogP contribution in [-0.2, 0) is 14.3 Å². The van der Waals surface area contributed by atoms with Crippen LogP contribution in [0.25, 0.3) is 6.08 Å². The third-order valence-electron chi connectivity index (χ3n) is 3.38. The van der Waals surface area contributed by atoms with Crippen LogP contribution in [0.2, 0.25) is 5.02 Å². The average molecular weight is 344 g/mol. The third-order valence-corrected chi connectivity index (χ3v) is 3.79. The van der Waals surface area contributed by atoms with Gasteiger partial charge in [-0.25, -0.2) is 4.79 Å². The lowest BCUT2D eigenvalue weighted by Crippen LogP contribution is -2.20. The Morgan fingerprint density at radius 1 is 1.12 bits per heavy atom. The number of anilines is 1. The maximum Gasteiger partial charge on any atom is 0.331 e. The van der Waals surface area contributed by atoms with Crippen molar-refractivity contribution in [2.24, 2.45) is 0 Å². The Bertz CT molecular complexity index is 767. The predicted molar refractivity (Wildman–Crippen MR) is 96.0 cm³/mol. The number of aryl methyl sites for hydroxylation is 1. The molecule has 0 bridgehead atoms. The molecule has 0 radical (unpaired) electrons. The second-order valence-corrected chi connectivity index (χ2v) is 5.72. The number of amides is 1. The molecule has 5 heteroatoms. The molecule has 0 aliphatic rings. The molecule has 0 saturated heterocycles. The van der Waals surface area contributed by atoms with Gasteiger partial charge in [0.2, 0.25) is 0 Å². The molecule has 1 N–H and O–H groups in total. The zero-order valence-corrected chi connectivity index (χ0v) is 14.3. The Labute approximate surface area is 146 Å². The molecule has 24 heavy (non-hydrogen) atoms. The number of nitrogens with one attached hydrogen (secondary N) is 1. The van der Waals surface area contributed by atoms with Crippen molar-refractivity contribution in [2.45, 2.75) is 13.8 Å². The number of esters is 1. The standard InChI is InChI=1S/C19H18ClNO3/c1-13-6-8-15(9-7-13)10-11-19(23)24-12-18(22)21-17-5-3-4-16(20)14(17)2/h3-11H,12H2,1-2H3,(H,21,22)/b11-10+. The van der Waals surface area contributed by atoms with Crippen molar-refractivity contribution in [1.29, 1.82) is 0 Å². The normalized spacial score (nSPS) is 10.6. The van der Waals surface area contributed by atoms with Crippen LogP contribution in [0.1, 0.15) is 16.7 Å². The highest BCUT2D eigenvalue weighted by atomic mass is 35.5. The summed E-state index contributed by atoms with van der Waals surface area (Å²) in [6, 6.07) is 12.9. The first kappa shape index (κ1) is 17.8. The minimum atomic E-state index is -0.575. The molecule has 0 heterocycles. The summed E-state index contributed by atoms with van der Waals surface area (Å²) in [5, 5.41) is 3.22. The molecule has 0 aliphatic heterocycles. The summed E-state index contributed by atoms with van der Waals surface area (Å²) in [7, 11) is 0. The minimum Gasteiger partial charge on any atom is -0.452 e. The highest BCUT2D eigenvalue weighted by molar-refractivity contribution is 6.31. The van der Waals surface area contributed by atoms with Gasteiger partial charge in [0.05, 0.1) is 0 Å². The van der Waals surface area contributed by atoms with Gasteiger partial charge >= 0.3 is 5.97 Å². The first-order valence-electron chi connectivity index (χ1n) is 7.42. The van der Waals surface area contributed by atoms with E-state index in [9.17, 15) is 9.59 Å². The van der Waals surface area contributed by atoms with Crippen LogP contribution in [0.15, 0.2) is 48.5 Å². The third kappa shape index (κ3) is 5.25. The number of carbonyl (C=O) groups excluding carboxylic acids is 2. The Morgan fingerprint density at radius 3 is 2.54 bits per heavy atom. The topological polar surface area (TPSA) is 55.4 Å². The first-order valence-corrected chi connectivity index (χ1v) is 7.80. The molecule has 2 aromatic rings. The molecule has 0 unspecified atom stereocenters. The number of benzene rings is 2. The lowest BCUT2D eigenvalue weighted by Gasteiger charge is -2.09. The number of ether oxygens (including phenoxy) is 1. The number of hydrogen-bond donors (Lipinski definition) is 1. The Kier molecular flexibility index (Phi) is 6.15. The first-order chi connectivity index (χ1) is 11.5. The van der Waals surface area contributed by atoms with Crippen LogP contribution < -0.4 is 5.32 Å². The van der Waals surface area contributed by atoms with Gasteiger partial charge in [-0.1, -0.05) is 47.5 Å². The number of carbonyl (C=O) groups is 2. The fraction of sp³-hybridized carbons (Fsp3) is 0.158. The summed E-state index contributed by atoms with van der Waals surface area (Å²) in [4.78, 5) is 23.5. The molecule has 4 nitrogen and oxygen atoms in total. The lowest BCUT2D eigenvalue weighted by molar-refractivity contribution is -0.142. The van der Waals surface area contributed by atoms with Gasteiger partial charge in [-0.15, -0.1) is 0 Å². The van der Waals surface area contributed by atoms with Gasteiger partial charge < -0.3 is 10.1 Å². The van der Waals surface area contributed by atoms with Crippen LogP contribution in [0.3, 0.4) is 0 Å². The van der Waals surface area contributed by atoms with E-state index in [0.29, 0.717) is 10.7 Å². The van der Waals surface area contributed by atoms with E-state index < -0.39 is 11.9 Å². The van der Waals surface area contributed by atoms with E-state index >= 15 is 0 Å². The number of halogens is 1. The highest BCUT2D eigenvalue weighted by Gasteiger charge is 2.08. The second kappa shape index (κ2) is 8.31. The van der Waals surface area contributed by atoms with Gasteiger partial charge in [0.15, 0.2) is 6.61 Å². The van der Waals surface area contributed by atoms with E-state index in [2.05, 4.69) is 5.32 Å². The van der Waals surface area contributed by atoms with Crippen LogP contribution >= 0.6 is 11.6 Å². The second-order valence-electron chi connectivity index (χ2n) is 5.31. The lowest BCUT2D eigenvalue weighted by atomic mass is 10.1. The Morgan fingerprint density at radius 2 is 1.83 bits per heavy atom. The van der Waals surface area contributed by atoms with Crippen molar-refractivity contribution in [2.75, 3.05) is 11.9 Å². The van der Waals surface area contributed by atoms with Gasteiger partial charge in [-0.2, -0.15) is 0 Å². The maximum absolute atomic E-state index is 11.8. The molecular weight excluding hydrogens is 326 g/mol. The molecule has 0 fully saturated rings. The summed E-state index contributed by atoms with van der Waals surface area (Å²) >= 11 is 5.99. The Hall–Kier alpha value is -2.59. The van der Waals surface area contributed by atoms with E-state index in [-0.39, 0.29) is 6.61 Å². The Balaban J connectivity index is 1.84. The smallest absolute Gasteiger partial charge is 0.331 e. The van der Waals surface area contributed by atoms with Crippen molar-refractivity contribution in [3.05, 3.63) is 70.3 Å². The van der Waals surface area contributed by atoms with Crippen molar-refractivity contribution in [1.82, 2.24) is 0 Å². The predicted octanol–water partition coefficient (Wildman–Crippen LogP) is 4.15. The molecule has 0 aliphatic carbocycles. The minimum absolute atomic E-state index is 0.358. The fourth-order valence-electron chi connectivity index (χ4n) is 1.96. The average Bonchev–Trinajstić information content (AvgIpc) is 2.56. The van der Waals surface area contributed by atoms with E-state index in [0.717, 1.165) is 16.7 Å². The number of rotatable bonds is 5. The van der Waals surface area contributed by atoms with Crippen LogP contribution in [0, 0.1) is 13.8 Å². The summed E-state index contributed by atoms with van der Waals surface area (Å²) in [5.74, 6) is -0.994.